The largest absolute Gasteiger partial charge is 0.507 e. The number of phenolic OH excluding ortho intramolecular Hbond substituents is 1. The van der Waals surface area contributed by atoms with Gasteiger partial charge in [0.2, 0.25) is 17.7 Å². The summed E-state index contributed by atoms with van der Waals surface area (Å²) in [5.41, 5.74) is 3.02. The second-order valence-electron chi connectivity index (χ2n) is 12.8. The summed E-state index contributed by atoms with van der Waals surface area (Å²) in [7, 11) is 4.11. The average molecular weight is 703 g/mol. The van der Waals surface area contributed by atoms with Crippen molar-refractivity contribution < 1.29 is 38.2 Å². The van der Waals surface area contributed by atoms with E-state index in [1.807, 2.05) is 24.3 Å². The Balaban J connectivity index is 1.21. The van der Waals surface area contributed by atoms with Gasteiger partial charge in [-0.1, -0.05) is 23.8 Å². The van der Waals surface area contributed by atoms with Crippen LogP contribution in [0.1, 0.15) is 24.3 Å². The number of carbonyl (C=O) groups is 4. The molecule has 4 aromatic rings. The highest BCUT2D eigenvalue weighted by atomic mass is 35.5. The first-order chi connectivity index (χ1) is 23.4. The van der Waals surface area contributed by atoms with Gasteiger partial charge in [0.05, 0.1) is 31.7 Å². The fourth-order valence-corrected chi connectivity index (χ4v) is 9.23. The quantitative estimate of drug-likeness (QED) is 0.164. The minimum Gasteiger partial charge on any atom is -0.507 e. The number of para-hydroxylation sites is 2. The molecule has 11 nitrogen and oxygen atoms in total. The van der Waals surface area contributed by atoms with Crippen LogP contribution in [0.3, 0.4) is 0 Å². The number of benzene rings is 3. The predicted octanol–water partition coefficient (Wildman–Crippen LogP) is 5.41. The molecule has 3 heterocycles. The van der Waals surface area contributed by atoms with Crippen molar-refractivity contribution in [2.45, 2.75) is 28.5 Å². The molecule has 1 saturated carbocycles. The van der Waals surface area contributed by atoms with Crippen molar-refractivity contribution in [1.82, 2.24) is 9.88 Å². The number of imide groups is 2. The normalized spacial score (nSPS) is 29.2. The number of alkyl halides is 2. The second kappa shape index (κ2) is 10.8. The molecule has 0 bridgehead atoms. The molecular formula is C36H29Cl2N3O8. The lowest BCUT2D eigenvalue weighted by Crippen LogP contribution is -2.60. The molecule has 250 valence electrons. The zero-order chi connectivity index (χ0) is 34.6. The van der Waals surface area contributed by atoms with Gasteiger partial charge in [-0.2, -0.15) is 0 Å². The van der Waals surface area contributed by atoms with E-state index >= 15 is 0 Å². The third kappa shape index (κ3) is 4.12. The van der Waals surface area contributed by atoms with Crippen LogP contribution in [0.25, 0.3) is 22.6 Å². The van der Waals surface area contributed by atoms with Gasteiger partial charge in [-0.05, 0) is 55.2 Å². The van der Waals surface area contributed by atoms with Crippen LogP contribution in [0.5, 0.6) is 17.2 Å². The maximum Gasteiger partial charge on any atom is 0.253 e. The van der Waals surface area contributed by atoms with E-state index in [-0.39, 0.29) is 35.7 Å². The topological polar surface area (TPSA) is 139 Å². The van der Waals surface area contributed by atoms with Gasteiger partial charge < -0.3 is 19.0 Å². The van der Waals surface area contributed by atoms with E-state index in [0.29, 0.717) is 33.8 Å². The third-order valence-corrected chi connectivity index (χ3v) is 11.9. The number of aromatic hydroxyl groups is 1. The summed E-state index contributed by atoms with van der Waals surface area (Å²) < 4.78 is 16.9. The van der Waals surface area contributed by atoms with Gasteiger partial charge in [-0.15, -0.1) is 23.2 Å². The first kappa shape index (κ1) is 31.4. The number of methoxy groups -OCH3 is 2. The molecule has 2 aliphatic carbocycles. The van der Waals surface area contributed by atoms with Gasteiger partial charge in [0.15, 0.2) is 15.3 Å². The molecule has 2 aliphatic heterocycles. The Labute approximate surface area is 290 Å². The number of halogens is 2. The lowest BCUT2D eigenvalue weighted by molar-refractivity contribution is -0.138. The highest BCUT2D eigenvalue weighted by Gasteiger charge is 2.76. The molecule has 4 amide bonds. The maximum absolute atomic E-state index is 14.4. The van der Waals surface area contributed by atoms with Crippen LogP contribution in [-0.2, 0) is 19.2 Å². The molecule has 3 aromatic carbocycles. The Morgan fingerprint density at radius 1 is 0.939 bits per heavy atom. The number of amides is 4. The number of hydrogen-bond acceptors (Lipinski definition) is 9. The van der Waals surface area contributed by atoms with Crippen LogP contribution in [-0.4, -0.2) is 69.6 Å². The number of carbonyl (C=O) groups excluding carboxylic acids is 4. The first-order valence-corrected chi connectivity index (χ1v) is 16.4. The number of anilines is 1. The van der Waals surface area contributed by atoms with Crippen LogP contribution in [0.4, 0.5) is 5.69 Å². The van der Waals surface area contributed by atoms with E-state index in [9.17, 15) is 24.3 Å². The van der Waals surface area contributed by atoms with E-state index in [2.05, 4.69) is 4.98 Å². The predicted molar refractivity (Wildman–Crippen MR) is 179 cm³/mol. The number of ether oxygens (including phenoxy) is 2. The summed E-state index contributed by atoms with van der Waals surface area (Å²) in [6.45, 7) is 0. The molecule has 2 saturated heterocycles. The number of allylic oxidation sites excluding steroid dienone is 2. The van der Waals surface area contributed by atoms with Crippen LogP contribution in [0, 0.1) is 17.8 Å². The van der Waals surface area contributed by atoms with Crippen molar-refractivity contribution in [2.24, 2.45) is 17.8 Å². The number of phenols is 1. The number of likely N-dealkylation sites (tertiary alicyclic amines) is 1. The molecule has 4 aliphatic rings. The Kier molecular flexibility index (Phi) is 6.93. The standard InChI is InChI=1S/C36H29Cl2N3O8/c1-40-33(45)35(37)16-22-20(29(36(35,38)34(40)46)28-24(42)14-19(47-2)15-26(28)48-3)12-13-21-27(22)32(44)41(31(21)43)18-10-8-17(9-11-18)30-39-23-6-4-5-7-25(23)49-30/h4-12,14-15,21-22,27,29,42H,13,16H2,1-3H3. The monoisotopic (exact) mass is 701 g/mol. The average Bonchev–Trinajstić information content (AvgIpc) is 3.69. The fourth-order valence-electron chi connectivity index (χ4n) is 8.23. The van der Waals surface area contributed by atoms with Crippen LogP contribution in [0.15, 0.2) is 76.7 Å². The first-order valence-electron chi connectivity index (χ1n) is 15.6. The van der Waals surface area contributed by atoms with Crippen LogP contribution >= 0.6 is 23.2 Å². The molecule has 0 spiro atoms. The lowest BCUT2D eigenvalue weighted by Gasteiger charge is -2.51. The molecule has 6 atom stereocenters. The Hall–Kier alpha value is -4.87. The summed E-state index contributed by atoms with van der Waals surface area (Å²) in [4.78, 5) is 58.6. The number of oxazole rings is 1. The van der Waals surface area contributed by atoms with Crippen LogP contribution in [0.2, 0.25) is 0 Å². The molecular weight excluding hydrogens is 673 g/mol. The van der Waals surface area contributed by atoms with Gasteiger partial charge in [0.25, 0.3) is 11.8 Å². The van der Waals surface area contributed by atoms with Crippen LogP contribution < -0.4 is 14.4 Å². The summed E-state index contributed by atoms with van der Waals surface area (Å²) in [5.74, 6) is -5.42. The Morgan fingerprint density at radius 2 is 1.67 bits per heavy atom. The molecule has 13 heteroatoms. The van der Waals surface area contributed by atoms with Gasteiger partial charge >= 0.3 is 0 Å². The summed E-state index contributed by atoms with van der Waals surface area (Å²) in [6, 6.07) is 17.1. The van der Waals surface area contributed by atoms with Crippen molar-refractivity contribution in [3.05, 3.63) is 77.9 Å². The zero-order valence-corrected chi connectivity index (χ0v) is 28.0. The lowest BCUT2D eigenvalue weighted by atomic mass is 9.56. The van der Waals surface area contributed by atoms with E-state index in [4.69, 9.17) is 37.1 Å². The second-order valence-corrected chi connectivity index (χ2v) is 14.0. The minimum absolute atomic E-state index is 0.123. The molecule has 49 heavy (non-hydrogen) atoms. The van der Waals surface area contributed by atoms with Crippen molar-refractivity contribution in [1.29, 1.82) is 0 Å². The number of fused-ring (bicyclic) bond motifs is 5. The van der Waals surface area contributed by atoms with Crippen molar-refractivity contribution in [3.63, 3.8) is 0 Å². The van der Waals surface area contributed by atoms with Gasteiger partial charge in [0, 0.05) is 36.2 Å². The summed E-state index contributed by atoms with van der Waals surface area (Å²) in [5, 5.41) is 11.4. The third-order valence-electron chi connectivity index (χ3n) is 10.5. The SMILES string of the molecule is COc1cc(O)c(C2C3=CCC4C(=O)N(c5ccc(-c6nc7ccccc7o6)cc5)C(=O)C4C3CC3(Cl)C(=O)N(C)C(=O)C23Cl)c(OC)c1. The van der Waals surface area contributed by atoms with E-state index in [1.54, 1.807) is 30.3 Å². The highest BCUT2D eigenvalue weighted by Crippen LogP contribution is 2.67. The highest BCUT2D eigenvalue weighted by molar-refractivity contribution is 6.53. The molecule has 3 fully saturated rings. The van der Waals surface area contributed by atoms with Crippen molar-refractivity contribution in [3.8, 4) is 28.7 Å². The number of nitrogens with zero attached hydrogens (tertiary/aromatic N) is 3. The molecule has 0 radical (unpaired) electrons. The smallest absolute Gasteiger partial charge is 0.253 e. The van der Waals surface area contributed by atoms with Crippen molar-refractivity contribution >= 4 is 63.6 Å². The maximum atomic E-state index is 14.4. The molecule has 6 unspecified atom stereocenters. The molecule has 8 rings (SSSR count). The van der Waals surface area contributed by atoms with Gasteiger partial charge in [-0.3, -0.25) is 29.0 Å². The number of hydrogen-bond donors (Lipinski definition) is 1. The van der Waals surface area contributed by atoms with E-state index < -0.39 is 57.0 Å². The zero-order valence-electron chi connectivity index (χ0n) is 26.5. The van der Waals surface area contributed by atoms with Gasteiger partial charge in [0.1, 0.15) is 22.8 Å². The summed E-state index contributed by atoms with van der Waals surface area (Å²) in [6.07, 6.45) is 1.77. The molecule has 1 N–H and O–H groups in total. The Bertz CT molecular complexity index is 2110. The van der Waals surface area contributed by atoms with Gasteiger partial charge in [-0.25, -0.2) is 4.98 Å². The minimum atomic E-state index is -2.08. The van der Waals surface area contributed by atoms with Crippen molar-refractivity contribution in [2.75, 3.05) is 26.2 Å². The van der Waals surface area contributed by atoms with E-state index in [0.717, 1.165) is 4.90 Å². The Morgan fingerprint density at radius 3 is 2.37 bits per heavy atom. The number of aromatic nitrogens is 1. The molecule has 1 aromatic heterocycles. The fraction of sp³-hybridized carbons (Fsp3) is 0.306. The summed E-state index contributed by atoms with van der Waals surface area (Å²) >= 11 is 14.5. The number of rotatable bonds is 5. The van der Waals surface area contributed by atoms with E-state index in [1.165, 1.54) is 38.3 Å².